The van der Waals surface area contributed by atoms with Gasteiger partial charge in [0.2, 0.25) is 5.91 Å². The molecule has 2 atom stereocenters. The molecule has 0 aromatic carbocycles. The van der Waals surface area contributed by atoms with E-state index in [1.54, 1.807) is 0 Å². The van der Waals surface area contributed by atoms with Gasteiger partial charge in [0.15, 0.2) is 0 Å². The van der Waals surface area contributed by atoms with Crippen molar-refractivity contribution < 1.29 is 19.8 Å². The molecular formula is C13H23NO4. The summed E-state index contributed by atoms with van der Waals surface area (Å²) in [5.41, 5.74) is -0.0788. The SMILES string of the molecule is CC1(C)CCCCC1C(=O)NC(CCO)C(=O)O. The molecule has 0 radical (unpaired) electrons. The molecule has 0 saturated heterocycles. The minimum atomic E-state index is -1.09. The Bertz CT molecular complexity index is 314. The lowest BCUT2D eigenvalue weighted by Gasteiger charge is -2.37. The number of carboxylic acids is 1. The fourth-order valence-electron chi connectivity index (χ4n) is 2.64. The summed E-state index contributed by atoms with van der Waals surface area (Å²) in [6.07, 6.45) is 3.98. The number of rotatable bonds is 5. The Kier molecular flexibility index (Phi) is 5.14. The average Bonchev–Trinajstić information content (AvgIpc) is 2.27. The summed E-state index contributed by atoms with van der Waals surface area (Å²) in [6, 6.07) is -0.986. The van der Waals surface area contributed by atoms with E-state index < -0.39 is 12.0 Å². The monoisotopic (exact) mass is 257 g/mol. The molecule has 0 bridgehead atoms. The largest absolute Gasteiger partial charge is 0.480 e. The van der Waals surface area contributed by atoms with Crippen LogP contribution < -0.4 is 5.32 Å². The predicted molar refractivity (Wildman–Crippen MR) is 67.0 cm³/mol. The van der Waals surface area contributed by atoms with Crippen LogP contribution in [0.1, 0.15) is 46.0 Å². The van der Waals surface area contributed by atoms with Crippen LogP contribution in [0.3, 0.4) is 0 Å². The van der Waals surface area contributed by atoms with E-state index in [0.717, 1.165) is 25.7 Å². The maximum Gasteiger partial charge on any atom is 0.326 e. The topological polar surface area (TPSA) is 86.6 Å². The molecule has 1 amide bonds. The van der Waals surface area contributed by atoms with Crippen LogP contribution in [-0.2, 0) is 9.59 Å². The molecule has 5 heteroatoms. The average molecular weight is 257 g/mol. The van der Waals surface area contributed by atoms with Gasteiger partial charge in [-0.3, -0.25) is 4.79 Å². The van der Waals surface area contributed by atoms with Crippen LogP contribution in [0.15, 0.2) is 0 Å². The number of amides is 1. The van der Waals surface area contributed by atoms with Crippen molar-refractivity contribution in [2.24, 2.45) is 11.3 Å². The molecule has 5 nitrogen and oxygen atoms in total. The van der Waals surface area contributed by atoms with E-state index in [2.05, 4.69) is 19.2 Å². The van der Waals surface area contributed by atoms with Crippen LogP contribution in [0.4, 0.5) is 0 Å². The van der Waals surface area contributed by atoms with Crippen LogP contribution in [0.2, 0.25) is 0 Å². The van der Waals surface area contributed by atoms with E-state index in [1.165, 1.54) is 0 Å². The normalized spacial score (nSPS) is 24.3. The van der Waals surface area contributed by atoms with Gasteiger partial charge in [0.1, 0.15) is 6.04 Å². The summed E-state index contributed by atoms with van der Waals surface area (Å²) in [6.45, 7) is 3.86. The zero-order chi connectivity index (χ0) is 13.8. The molecule has 1 fully saturated rings. The van der Waals surface area contributed by atoms with Crippen molar-refractivity contribution in [2.45, 2.75) is 52.0 Å². The summed E-state index contributed by atoms with van der Waals surface area (Å²) in [5.74, 6) is -1.42. The fourth-order valence-corrected chi connectivity index (χ4v) is 2.64. The number of nitrogens with one attached hydrogen (secondary N) is 1. The highest BCUT2D eigenvalue weighted by molar-refractivity contribution is 5.85. The number of aliphatic carboxylic acids is 1. The second kappa shape index (κ2) is 6.18. The van der Waals surface area contributed by atoms with E-state index in [4.69, 9.17) is 10.2 Å². The van der Waals surface area contributed by atoms with Gasteiger partial charge in [-0.25, -0.2) is 4.79 Å². The number of carbonyl (C=O) groups is 2. The Morgan fingerprint density at radius 2 is 2.06 bits per heavy atom. The Hall–Kier alpha value is -1.10. The van der Waals surface area contributed by atoms with Gasteiger partial charge in [0.25, 0.3) is 0 Å². The van der Waals surface area contributed by atoms with Gasteiger partial charge in [-0.05, 0) is 18.3 Å². The second-order valence-corrected chi connectivity index (χ2v) is 5.70. The third kappa shape index (κ3) is 3.70. The van der Waals surface area contributed by atoms with Crippen LogP contribution in [0.25, 0.3) is 0 Å². The predicted octanol–water partition coefficient (Wildman–Crippen LogP) is 1.15. The zero-order valence-corrected chi connectivity index (χ0v) is 11.1. The Morgan fingerprint density at radius 3 is 2.56 bits per heavy atom. The second-order valence-electron chi connectivity index (χ2n) is 5.70. The van der Waals surface area contributed by atoms with Crippen molar-refractivity contribution in [3.05, 3.63) is 0 Å². The van der Waals surface area contributed by atoms with Crippen molar-refractivity contribution in [1.82, 2.24) is 5.32 Å². The minimum Gasteiger partial charge on any atom is -0.480 e. The number of carboxylic acid groups (broad SMARTS) is 1. The van der Waals surface area contributed by atoms with Gasteiger partial charge in [-0.15, -0.1) is 0 Å². The number of hydrogen-bond acceptors (Lipinski definition) is 3. The summed E-state index contributed by atoms with van der Waals surface area (Å²) in [7, 11) is 0. The zero-order valence-electron chi connectivity index (χ0n) is 11.1. The van der Waals surface area contributed by atoms with Crippen molar-refractivity contribution >= 4 is 11.9 Å². The fraction of sp³-hybridized carbons (Fsp3) is 0.846. The van der Waals surface area contributed by atoms with Gasteiger partial charge in [0, 0.05) is 18.9 Å². The molecule has 3 N–H and O–H groups in total. The quantitative estimate of drug-likeness (QED) is 0.689. The van der Waals surface area contributed by atoms with Gasteiger partial charge in [-0.2, -0.15) is 0 Å². The molecule has 18 heavy (non-hydrogen) atoms. The molecule has 0 aromatic rings. The third-order valence-corrected chi connectivity index (χ3v) is 3.86. The van der Waals surface area contributed by atoms with Gasteiger partial charge in [0.05, 0.1) is 0 Å². The summed E-state index contributed by atoms with van der Waals surface area (Å²) >= 11 is 0. The lowest BCUT2D eigenvalue weighted by molar-refractivity contribution is -0.144. The Morgan fingerprint density at radius 1 is 1.39 bits per heavy atom. The highest BCUT2D eigenvalue weighted by Gasteiger charge is 2.38. The van der Waals surface area contributed by atoms with Crippen LogP contribution in [-0.4, -0.2) is 34.7 Å². The molecule has 0 heterocycles. The van der Waals surface area contributed by atoms with E-state index in [1.807, 2.05) is 0 Å². The lowest BCUT2D eigenvalue weighted by Crippen LogP contribution is -2.48. The molecule has 1 aliphatic rings. The van der Waals surface area contributed by atoms with Crippen molar-refractivity contribution in [1.29, 1.82) is 0 Å². The van der Waals surface area contributed by atoms with E-state index in [-0.39, 0.29) is 30.3 Å². The van der Waals surface area contributed by atoms with Gasteiger partial charge >= 0.3 is 5.97 Å². The van der Waals surface area contributed by atoms with Crippen LogP contribution in [0.5, 0.6) is 0 Å². The molecule has 0 aliphatic heterocycles. The van der Waals surface area contributed by atoms with Gasteiger partial charge < -0.3 is 15.5 Å². The first-order valence-corrected chi connectivity index (χ1v) is 6.52. The minimum absolute atomic E-state index is 0.0498. The summed E-state index contributed by atoms with van der Waals surface area (Å²) in [5, 5.41) is 20.3. The standard InChI is InChI=1S/C13H23NO4/c1-13(2)7-4-3-5-9(13)11(16)14-10(6-8-15)12(17)18/h9-10,15H,3-8H2,1-2H3,(H,14,16)(H,17,18). The lowest BCUT2D eigenvalue weighted by atomic mass is 9.68. The molecule has 0 aromatic heterocycles. The van der Waals surface area contributed by atoms with E-state index in [9.17, 15) is 9.59 Å². The first-order chi connectivity index (χ1) is 8.38. The smallest absolute Gasteiger partial charge is 0.326 e. The summed E-state index contributed by atoms with van der Waals surface area (Å²) in [4.78, 5) is 23.1. The Labute approximate surface area is 108 Å². The maximum absolute atomic E-state index is 12.1. The third-order valence-electron chi connectivity index (χ3n) is 3.86. The molecule has 2 unspecified atom stereocenters. The molecule has 1 saturated carbocycles. The first kappa shape index (κ1) is 15.0. The molecular weight excluding hydrogens is 234 g/mol. The number of carbonyl (C=O) groups excluding carboxylic acids is 1. The van der Waals surface area contributed by atoms with Crippen molar-refractivity contribution in [3.8, 4) is 0 Å². The first-order valence-electron chi connectivity index (χ1n) is 6.52. The number of hydrogen-bond donors (Lipinski definition) is 3. The van der Waals surface area contributed by atoms with E-state index in [0.29, 0.717) is 0 Å². The molecule has 0 spiro atoms. The van der Waals surface area contributed by atoms with E-state index >= 15 is 0 Å². The molecule has 1 rings (SSSR count). The number of aliphatic hydroxyl groups excluding tert-OH is 1. The maximum atomic E-state index is 12.1. The summed E-state index contributed by atoms with van der Waals surface area (Å²) < 4.78 is 0. The highest BCUT2D eigenvalue weighted by atomic mass is 16.4. The molecule has 1 aliphatic carbocycles. The van der Waals surface area contributed by atoms with Crippen molar-refractivity contribution in [3.63, 3.8) is 0 Å². The Balaban J connectivity index is 2.65. The van der Waals surface area contributed by atoms with Crippen LogP contribution in [0, 0.1) is 11.3 Å². The highest BCUT2D eigenvalue weighted by Crippen LogP contribution is 2.40. The molecule has 104 valence electrons. The van der Waals surface area contributed by atoms with Crippen LogP contribution >= 0.6 is 0 Å². The number of aliphatic hydroxyl groups is 1. The van der Waals surface area contributed by atoms with Gasteiger partial charge in [-0.1, -0.05) is 26.7 Å². The van der Waals surface area contributed by atoms with Crippen molar-refractivity contribution in [2.75, 3.05) is 6.61 Å².